The van der Waals surface area contributed by atoms with E-state index in [2.05, 4.69) is 10.0 Å². The van der Waals surface area contributed by atoms with Gasteiger partial charge in [0.15, 0.2) is 5.65 Å². The number of hydrogen-bond acceptors (Lipinski definition) is 6. The Balaban J connectivity index is 1.52. The van der Waals surface area contributed by atoms with Crippen LogP contribution in [0, 0.1) is 0 Å². The van der Waals surface area contributed by atoms with Gasteiger partial charge < -0.3 is 14.9 Å². The molecule has 37 heavy (non-hydrogen) atoms. The fourth-order valence-corrected chi connectivity index (χ4v) is 4.09. The van der Waals surface area contributed by atoms with Crippen LogP contribution in [0.1, 0.15) is 22.5 Å². The lowest BCUT2D eigenvalue weighted by Gasteiger charge is -2.09. The van der Waals surface area contributed by atoms with E-state index >= 15 is 0 Å². The molecular formula is C28H24N6O3. The molecule has 5 rings (SSSR count). The quantitative estimate of drug-likeness (QED) is 0.118. The molecule has 0 amide bonds. The molecule has 5 aromatic rings. The smallest absolute Gasteiger partial charge is 0.219 e. The molecule has 2 aromatic heterocycles. The van der Waals surface area contributed by atoms with Gasteiger partial charge in [-0.3, -0.25) is 4.40 Å². The van der Waals surface area contributed by atoms with E-state index in [0.717, 1.165) is 22.4 Å². The number of phenolic OH excluding ortho intramolecular Hbond substituents is 1. The Kier molecular flexibility index (Phi) is 6.87. The molecule has 0 saturated carbocycles. The van der Waals surface area contributed by atoms with Crippen LogP contribution in [0.25, 0.3) is 27.3 Å². The average molecular weight is 493 g/mol. The van der Waals surface area contributed by atoms with Gasteiger partial charge in [0.1, 0.15) is 17.2 Å². The maximum atomic E-state index is 11.1. The molecular weight excluding hydrogens is 468 g/mol. The number of rotatable bonds is 9. The third-order valence-corrected chi connectivity index (χ3v) is 5.92. The lowest BCUT2D eigenvalue weighted by molar-refractivity contribution is 0.328. The summed E-state index contributed by atoms with van der Waals surface area (Å²) in [7, 11) is 0. The minimum absolute atomic E-state index is 0.0547. The molecule has 0 unspecified atom stereocenters. The number of benzene rings is 3. The molecule has 0 aliphatic carbocycles. The molecule has 9 heteroatoms. The first-order chi connectivity index (χ1) is 18.1. The number of azide groups is 1. The molecule has 0 saturated heterocycles. The monoisotopic (exact) mass is 492 g/mol. The van der Waals surface area contributed by atoms with Gasteiger partial charge in [-0.05, 0) is 53.1 Å². The Hall–Kier alpha value is -5.01. The van der Waals surface area contributed by atoms with Crippen LogP contribution in [0.5, 0.6) is 17.4 Å². The first kappa shape index (κ1) is 23.7. The minimum Gasteiger partial charge on any atom is -0.508 e. The molecule has 0 radical (unpaired) electrons. The highest BCUT2D eigenvalue weighted by Crippen LogP contribution is 2.29. The standard InChI is InChI=1S/C28H24N6O3/c29-33-30-14-15-37-23-12-8-21(9-13-23)26-18-34-27(24(31-26)16-19-4-2-1-3-5-19)32-25(28(34)36)17-20-6-10-22(35)11-7-20/h1-13,18,35-36H,14-17H2. The van der Waals surface area contributed by atoms with Crippen LogP contribution in [0.2, 0.25) is 0 Å². The Morgan fingerprint density at radius 1 is 0.838 bits per heavy atom. The zero-order chi connectivity index (χ0) is 25.6. The molecule has 0 atom stereocenters. The summed E-state index contributed by atoms with van der Waals surface area (Å²) in [5.41, 5.74) is 13.8. The predicted octanol–water partition coefficient (Wildman–Crippen LogP) is 5.68. The lowest BCUT2D eigenvalue weighted by Crippen LogP contribution is -2.01. The normalized spacial score (nSPS) is 10.8. The van der Waals surface area contributed by atoms with Crippen LogP contribution in [-0.4, -0.2) is 37.7 Å². The summed E-state index contributed by atoms with van der Waals surface area (Å²) in [6.07, 6.45) is 2.74. The van der Waals surface area contributed by atoms with Gasteiger partial charge in [0, 0.05) is 29.5 Å². The molecule has 0 bridgehead atoms. The van der Waals surface area contributed by atoms with Crippen molar-refractivity contribution in [3.63, 3.8) is 0 Å². The summed E-state index contributed by atoms with van der Waals surface area (Å²) in [6.45, 7) is 0.549. The van der Waals surface area contributed by atoms with Gasteiger partial charge >= 0.3 is 0 Å². The second kappa shape index (κ2) is 10.7. The first-order valence-corrected chi connectivity index (χ1v) is 11.8. The second-order valence-corrected chi connectivity index (χ2v) is 8.48. The second-order valence-electron chi connectivity index (χ2n) is 8.48. The topological polar surface area (TPSA) is 129 Å². The van der Waals surface area contributed by atoms with E-state index in [1.54, 1.807) is 22.7 Å². The van der Waals surface area contributed by atoms with Crippen molar-refractivity contribution in [2.75, 3.05) is 13.2 Å². The van der Waals surface area contributed by atoms with E-state index in [1.165, 1.54) is 0 Å². The fraction of sp³-hybridized carbons (Fsp3) is 0.143. The Bertz CT molecular complexity index is 1560. The third-order valence-electron chi connectivity index (χ3n) is 5.92. The predicted molar refractivity (Wildman–Crippen MR) is 140 cm³/mol. The van der Waals surface area contributed by atoms with Crippen molar-refractivity contribution < 1.29 is 14.9 Å². The Labute approximate surface area is 212 Å². The Morgan fingerprint density at radius 3 is 2.27 bits per heavy atom. The molecule has 3 aromatic carbocycles. The molecule has 0 aliphatic heterocycles. The van der Waals surface area contributed by atoms with E-state index in [-0.39, 0.29) is 18.2 Å². The van der Waals surface area contributed by atoms with Crippen molar-refractivity contribution in [2.45, 2.75) is 12.8 Å². The summed E-state index contributed by atoms with van der Waals surface area (Å²) >= 11 is 0. The van der Waals surface area contributed by atoms with E-state index in [9.17, 15) is 10.2 Å². The van der Waals surface area contributed by atoms with Crippen molar-refractivity contribution in [1.82, 2.24) is 14.4 Å². The number of aromatic nitrogens is 3. The van der Waals surface area contributed by atoms with Gasteiger partial charge in [0.25, 0.3) is 0 Å². The van der Waals surface area contributed by atoms with E-state index < -0.39 is 0 Å². The number of phenols is 1. The molecule has 184 valence electrons. The van der Waals surface area contributed by atoms with Gasteiger partial charge in [0.05, 0.1) is 24.5 Å². The number of fused-ring (bicyclic) bond motifs is 1. The summed E-state index contributed by atoms with van der Waals surface area (Å²) in [5, 5.41) is 24.2. The van der Waals surface area contributed by atoms with Crippen LogP contribution < -0.4 is 4.74 Å². The number of hydrogen-bond donors (Lipinski definition) is 2. The molecule has 0 spiro atoms. The van der Waals surface area contributed by atoms with Crippen molar-refractivity contribution in [3.8, 4) is 28.6 Å². The van der Waals surface area contributed by atoms with Crippen molar-refractivity contribution in [2.24, 2.45) is 5.11 Å². The van der Waals surface area contributed by atoms with Gasteiger partial charge in [-0.2, -0.15) is 0 Å². The van der Waals surface area contributed by atoms with E-state index in [0.29, 0.717) is 42.2 Å². The Morgan fingerprint density at radius 2 is 1.54 bits per heavy atom. The number of aromatic hydroxyl groups is 2. The highest BCUT2D eigenvalue weighted by Gasteiger charge is 2.18. The van der Waals surface area contributed by atoms with Crippen LogP contribution in [0.3, 0.4) is 0 Å². The summed E-state index contributed by atoms with van der Waals surface area (Å²) < 4.78 is 7.28. The van der Waals surface area contributed by atoms with Crippen molar-refractivity contribution >= 4 is 5.65 Å². The van der Waals surface area contributed by atoms with Gasteiger partial charge in [0.2, 0.25) is 5.88 Å². The maximum absolute atomic E-state index is 11.1. The molecule has 9 nitrogen and oxygen atoms in total. The molecule has 0 fully saturated rings. The number of ether oxygens (including phenoxy) is 1. The third kappa shape index (κ3) is 5.47. The molecule has 2 heterocycles. The van der Waals surface area contributed by atoms with Gasteiger partial charge in [-0.25, -0.2) is 9.97 Å². The molecule has 2 N–H and O–H groups in total. The van der Waals surface area contributed by atoms with E-state index in [4.69, 9.17) is 20.2 Å². The van der Waals surface area contributed by atoms with Crippen molar-refractivity contribution in [1.29, 1.82) is 0 Å². The fourth-order valence-electron chi connectivity index (χ4n) is 4.09. The summed E-state index contributed by atoms with van der Waals surface area (Å²) in [5.74, 6) is 0.900. The maximum Gasteiger partial charge on any atom is 0.219 e. The average Bonchev–Trinajstić information content (AvgIpc) is 3.24. The summed E-state index contributed by atoms with van der Waals surface area (Å²) in [6, 6.07) is 24.3. The zero-order valence-electron chi connectivity index (χ0n) is 19.9. The number of nitrogens with zero attached hydrogens (tertiary/aromatic N) is 6. The van der Waals surface area contributed by atoms with Crippen LogP contribution in [-0.2, 0) is 12.8 Å². The molecule has 0 aliphatic rings. The summed E-state index contributed by atoms with van der Waals surface area (Å²) in [4.78, 5) is 12.4. The van der Waals surface area contributed by atoms with E-state index in [1.807, 2.05) is 66.7 Å². The van der Waals surface area contributed by atoms with Gasteiger partial charge in [-0.15, -0.1) is 0 Å². The first-order valence-electron chi connectivity index (χ1n) is 11.8. The minimum atomic E-state index is 0.0547. The highest BCUT2D eigenvalue weighted by atomic mass is 16.5. The van der Waals surface area contributed by atoms with Crippen LogP contribution >= 0.6 is 0 Å². The van der Waals surface area contributed by atoms with Crippen LogP contribution in [0.4, 0.5) is 0 Å². The van der Waals surface area contributed by atoms with Crippen molar-refractivity contribution in [3.05, 3.63) is 118 Å². The largest absolute Gasteiger partial charge is 0.508 e. The number of imidazole rings is 1. The zero-order valence-corrected chi connectivity index (χ0v) is 19.9. The lowest BCUT2D eigenvalue weighted by atomic mass is 10.1. The van der Waals surface area contributed by atoms with Gasteiger partial charge in [-0.1, -0.05) is 47.6 Å². The highest BCUT2D eigenvalue weighted by molar-refractivity contribution is 5.64. The van der Waals surface area contributed by atoms with Crippen LogP contribution in [0.15, 0.2) is 90.2 Å². The SMILES string of the molecule is [N-]=[N+]=NCCOc1ccc(-c2cn3c(O)c(Cc4ccc(O)cc4)nc3c(Cc3ccccc3)n2)cc1.